The Balaban J connectivity index is 2.95. The normalized spacial score (nSPS) is 15.0. The van der Waals surface area contributed by atoms with E-state index < -0.39 is 11.9 Å². The van der Waals surface area contributed by atoms with Crippen molar-refractivity contribution in [3.63, 3.8) is 0 Å². The molecule has 3 nitrogen and oxygen atoms in total. The maximum absolute atomic E-state index is 13.2. The van der Waals surface area contributed by atoms with E-state index in [0.717, 1.165) is 18.1 Å². The van der Waals surface area contributed by atoms with Crippen molar-refractivity contribution in [3.05, 3.63) is 70.2 Å². The smallest absolute Gasteiger partial charge is 0.433 e. The third kappa shape index (κ3) is 9.33. The van der Waals surface area contributed by atoms with E-state index in [2.05, 4.69) is 32.5 Å². The topological polar surface area (TPSA) is 34.0 Å². The van der Waals surface area contributed by atoms with Crippen LogP contribution in [0.5, 0.6) is 0 Å². The summed E-state index contributed by atoms with van der Waals surface area (Å²) in [6, 6.07) is 7.13. The first kappa shape index (κ1) is 28.2. The summed E-state index contributed by atoms with van der Waals surface area (Å²) >= 11 is 9.33. The molecular weight excluding hydrogens is 505 g/mol. The Morgan fingerprint density at radius 2 is 1.88 bits per heavy atom. The van der Waals surface area contributed by atoms with Crippen molar-refractivity contribution in [1.82, 2.24) is 0 Å². The number of nitrogens with zero attached hydrogens (tertiary/aromatic N) is 2. The van der Waals surface area contributed by atoms with Crippen LogP contribution in [0.4, 0.5) is 13.2 Å². The highest BCUT2D eigenvalue weighted by atomic mass is 79.9. The van der Waals surface area contributed by atoms with Crippen LogP contribution in [0, 0.1) is 5.92 Å². The van der Waals surface area contributed by atoms with Crippen LogP contribution in [0.3, 0.4) is 0 Å². The summed E-state index contributed by atoms with van der Waals surface area (Å²) in [6.07, 6.45) is 0.297. The lowest BCUT2D eigenvalue weighted by atomic mass is 9.95. The van der Waals surface area contributed by atoms with Crippen LogP contribution < -0.4 is 0 Å². The van der Waals surface area contributed by atoms with Gasteiger partial charge in [-0.25, -0.2) is 9.98 Å². The molecule has 1 aromatic carbocycles. The van der Waals surface area contributed by atoms with Gasteiger partial charge in [0.1, 0.15) is 23.2 Å². The lowest BCUT2D eigenvalue weighted by Gasteiger charge is -2.16. The summed E-state index contributed by atoms with van der Waals surface area (Å²) in [4.78, 5) is 8.08. The van der Waals surface area contributed by atoms with Crippen LogP contribution in [0.15, 0.2) is 69.0 Å². The van der Waals surface area contributed by atoms with E-state index in [1.54, 1.807) is 24.3 Å². The number of rotatable bonds is 11. The second-order valence-electron chi connectivity index (χ2n) is 7.12. The van der Waals surface area contributed by atoms with Gasteiger partial charge in [0, 0.05) is 12.6 Å². The number of ether oxygens (including phenoxy) is 1. The number of halogens is 5. The first-order valence-electron chi connectivity index (χ1n) is 10.3. The van der Waals surface area contributed by atoms with E-state index in [4.69, 9.17) is 16.3 Å². The van der Waals surface area contributed by atoms with Crippen LogP contribution in [-0.4, -0.2) is 17.1 Å². The Bertz CT molecular complexity index is 888. The predicted molar refractivity (Wildman–Crippen MR) is 131 cm³/mol. The monoisotopic (exact) mass is 532 g/mol. The molecule has 1 aromatic rings. The molecule has 0 saturated heterocycles. The standard InChI is InChI=1S/C24H29BrClF3N2O/c1-6-9-22(26)30-14-20(25)17(5)32-15-18-10-12-19(13-11-18)23(16(4)7-2)31-21(8-3)24(27,28)29/h8,10-14,16H,5-7,9,15H2,1-4H3/b20-14+,21-8-,30-22?,31-23?. The molecule has 0 amide bonds. The van der Waals surface area contributed by atoms with Gasteiger partial charge in [0.2, 0.25) is 0 Å². The van der Waals surface area contributed by atoms with Gasteiger partial charge >= 0.3 is 6.18 Å². The molecular formula is C24H29BrClF3N2O. The quantitative estimate of drug-likeness (QED) is 0.159. The lowest BCUT2D eigenvalue weighted by Crippen LogP contribution is -2.17. The van der Waals surface area contributed by atoms with Gasteiger partial charge in [0.15, 0.2) is 0 Å². The minimum absolute atomic E-state index is 0.129. The molecule has 32 heavy (non-hydrogen) atoms. The number of alkyl halides is 3. The van der Waals surface area contributed by atoms with E-state index in [0.29, 0.717) is 39.5 Å². The molecule has 0 saturated carbocycles. The fourth-order valence-corrected chi connectivity index (χ4v) is 3.01. The van der Waals surface area contributed by atoms with Gasteiger partial charge in [-0.15, -0.1) is 0 Å². The van der Waals surface area contributed by atoms with Gasteiger partial charge in [-0.2, -0.15) is 13.2 Å². The number of hydrogen-bond donors (Lipinski definition) is 0. The highest BCUT2D eigenvalue weighted by molar-refractivity contribution is 9.11. The van der Waals surface area contributed by atoms with Gasteiger partial charge in [-0.05, 0) is 52.7 Å². The van der Waals surface area contributed by atoms with E-state index in [1.807, 2.05) is 20.8 Å². The Kier molecular flexibility index (Phi) is 12.0. The molecule has 0 aliphatic rings. The highest BCUT2D eigenvalue weighted by Gasteiger charge is 2.33. The molecule has 0 spiro atoms. The molecule has 0 heterocycles. The van der Waals surface area contributed by atoms with Gasteiger partial charge in [0.05, 0.1) is 10.2 Å². The van der Waals surface area contributed by atoms with Gasteiger partial charge in [0.25, 0.3) is 0 Å². The summed E-state index contributed by atoms with van der Waals surface area (Å²) in [5.74, 6) is 0.263. The van der Waals surface area contributed by atoms with Crippen molar-refractivity contribution in [1.29, 1.82) is 0 Å². The Morgan fingerprint density at radius 3 is 2.38 bits per heavy atom. The molecule has 0 fully saturated rings. The average molecular weight is 534 g/mol. The Hall–Kier alpha value is -1.86. The van der Waals surface area contributed by atoms with Crippen LogP contribution >= 0.6 is 27.5 Å². The molecule has 0 N–H and O–H groups in total. The molecule has 1 atom stereocenters. The van der Waals surface area contributed by atoms with Crippen LogP contribution in [0.2, 0.25) is 0 Å². The van der Waals surface area contributed by atoms with E-state index >= 15 is 0 Å². The second-order valence-corrected chi connectivity index (χ2v) is 8.41. The zero-order chi connectivity index (χ0) is 24.3. The molecule has 1 unspecified atom stereocenters. The summed E-state index contributed by atoms with van der Waals surface area (Å²) in [5, 5.41) is 0.498. The van der Waals surface area contributed by atoms with E-state index in [1.165, 1.54) is 13.1 Å². The molecule has 0 aliphatic heterocycles. The van der Waals surface area contributed by atoms with Crippen molar-refractivity contribution in [2.45, 2.75) is 59.7 Å². The summed E-state index contributed by atoms with van der Waals surface area (Å²) in [6.45, 7) is 11.2. The summed E-state index contributed by atoms with van der Waals surface area (Å²) in [5.41, 5.74) is 0.997. The van der Waals surface area contributed by atoms with Crippen molar-refractivity contribution in [2.24, 2.45) is 15.9 Å². The zero-order valence-electron chi connectivity index (χ0n) is 18.8. The van der Waals surface area contributed by atoms with Gasteiger partial charge in [-0.3, -0.25) is 0 Å². The fraction of sp³-hybridized carbons (Fsp3) is 0.417. The number of allylic oxidation sites excluding steroid dienone is 3. The van der Waals surface area contributed by atoms with Crippen LogP contribution in [0.25, 0.3) is 0 Å². The van der Waals surface area contributed by atoms with Gasteiger partial charge < -0.3 is 4.74 Å². The van der Waals surface area contributed by atoms with Crippen LogP contribution in [-0.2, 0) is 11.3 Å². The third-order valence-electron chi connectivity index (χ3n) is 4.59. The fourth-order valence-electron chi connectivity index (χ4n) is 2.55. The lowest BCUT2D eigenvalue weighted by molar-refractivity contribution is -0.0924. The minimum atomic E-state index is -4.49. The minimum Gasteiger partial charge on any atom is -0.488 e. The highest BCUT2D eigenvalue weighted by Crippen LogP contribution is 2.28. The molecule has 0 aliphatic carbocycles. The van der Waals surface area contributed by atoms with Crippen molar-refractivity contribution < 1.29 is 17.9 Å². The third-order valence-corrected chi connectivity index (χ3v) is 5.52. The number of aliphatic imine (C=N–C) groups is 2. The summed E-state index contributed by atoms with van der Waals surface area (Å²) < 4.78 is 45.8. The number of hydrogen-bond acceptors (Lipinski definition) is 3. The van der Waals surface area contributed by atoms with Crippen molar-refractivity contribution in [2.75, 3.05) is 0 Å². The van der Waals surface area contributed by atoms with E-state index in [-0.39, 0.29) is 12.5 Å². The molecule has 176 valence electrons. The van der Waals surface area contributed by atoms with Gasteiger partial charge in [-0.1, -0.05) is 69.3 Å². The number of benzene rings is 1. The second kappa shape index (κ2) is 13.6. The van der Waals surface area contributed by atoms with Crippen molar-refractivity contribution in [3.8, 4) is 0 Å². The Labute approximate surface area is 202 Å². The van der Waals surface area contributed by atoms with E-state index in [9.17, 15) is 13.2 Å². The predicted octanol–water partition coefficient (Wildman–Crippen LogP) is 8.69. The summed E-state index contributed by atoms with van der Waals surface area (Å²) in [7, 11) is 0. The Morgan fingerprint density at radius 1 is 1.25 bits per heavy atom. The first-order valence-corrected chi connectivity index (χ1v) is 11.5. The first-order chi connectivity index (χ1) is 15.0. The molecule has 0 radical (unpaired) electrons. The SMILES string of the molecule is C=C(OCc1ccc(C(=N/C(=C\C)C(F)(F)F)C(C)CC)cc1)/C(Br)=C\N=C(Cl)CCC. The average Bonchev–Trinajstić information content (AvgIpc) is 2.75. The molecule has 1 rings (SSSR count). The largest absolute Gasteiger partial charge is 0.488 e. The maximum Gasteiger partial charge on any atom is 0.433 e. The molecule has 0 aromatic heterocycles. The maximum atomic E-state index is 13.2. The zero-order valence-corrected chi connectivity index (χ0v) is 21.1. The molecule has 0 bridgehead atoms. The van der Waals surface area contributed by atoms with Crippen LogP contribution in [0.1, 0.15) is 58.1 Å². The molecule has 8 heteroatoms. The van der Waals surface area contributed by atoms with Crippen molar-refractivity contribution >= 4 is 38.4 Å².